The van der Waals surface area contributed by atoms with Gasteiger partial charge in [0.15, 0.2) is 0 Å². The summed E-state index contributed by atoms with van der Waals surface area (Å²) in [5.74, 6) is 0. The van der Waals surface area contributed by atoms with Crippen LogP contribution in [0.4, 0.5) is 5.69 Å². The normalized spacial score (nSPS) is 20.8. The van der Waals surface area contributed by atoms with Gasteiger partial charge < -0.3 is 4.90 Å². The molecule has 1 aromatic rings. The fraction of sp³-hybridized carbons (Fsp3) is 0.600. The molecule has 3 heteroatoms. The maximum atomic E-state index is 6.32. The maximum Gasteiger partial charge on any atom is 0.0467 e. The van der Waals surface area contributed by atoms with Crippen molar-refractivity contribution in [3.63, 3.8) is 0 Å². The summed E-state index contributed by atoms with van der Waals surface area (Å²) in [6, 6.07) is 6.95. The summed E-state index contributed by atoms with van der Waals surface area (Å²) < 4.78 is 0. The van der Waals surface area contributed by atoms with E-state index in [2.05, 4.69) is 39.9 Å². The lowest BCUT2D eigenvalue weighted by molar-refractivity contribution is 0.555. The second-order valence-corrected chi connectivity index (χ2v) is 5.94. The second-order valence-electron chi connectivity index (χ2n) is 4.98. The van der Waals surface area contributed by atoms with Crippen LogP contribution in [0.2, 0.25) is 5.02 Å². The standard InChI is InChI=1S/C15H21BrClN/c1-2-12-7-4-3-5-10-18(12)15-9-6-8-14(17)13(15)11-16/h6,8-9,12H,2-5,7,10-11H2,1H3. The van der Waals surface area contributed by atoms with E-state index in [9.17, 15) is 0 Å². The molecule has 0 radical (unpaired) electrons. The highest BCUT2D eigenvalue weighted by Gasteiger charge is 2.22. The van der Waals surface area contributed by atoms with Crippen molar-refractivity contribution in [2.75, 3.05) is 11.4 Å². The van der Waals surface area contributed by atoms with Crippen LogP contribution in [0.3, 0.4) is 0 Å². The molecule has 1 nitrogen and oxygen atoms in total. The summed E-state index contributed by atoms with van der Waals surface area (Å²) in [5, 5.41) is 1.71. The molecule has 1 heterocycles. The third-order valence-corrected chi connectivity index (χ3v) is 4.80. The molecule has 1 unspecified atom stereocenters. The van der Waals surface area contributed by atoms with E-state index in [0.29, 0.717) is 6.04 Å². The molecule has 1 fully saturated rings. The molecule has 1 atom stereocenters. The van der Waals surface area contributed by atoms with Crippen molar-refractivity contribution in [2.24, 2.45) is 0 Å². The Hall–Kier alpha value is -0.210. The van der Waals surface area contributed by atoms with Crippen LogP contribution in [-0.4, -0.2) is 12.6 Å². The summed E-state index contributed by atoms with van der Waals surface area (Å²) in [6.45, 7) is 3.46. The SMILES string of the molecule is CCC1CCCCCN1c1cccc(Cl)c1CBr. The van der Waals surface area contributed by atoms with Crippen molar-refractivity contribution < 1.29 is 0 Å². The van der Waals surface area contributed by atoms with Gasteiger partial charge >= 0.3 is 0 Å². The molecular weight excluding hydrogens is 310 g/mol. The summed E-state index contributed by atoms with van der Waals surface area (Å²) in [4.78, 5) is 2.58. The van der Waals surface area contributed by atoms with E-state index in [1.807, 2.05) is 6.07 Å². The van der Waals surface area contributed by atoms with Crippen LogP contribution in [0.5, 0.6) is 0 Å². The minimum absolute atomic E-state index is 0.670. The molecule has 1 aliphatic rings. The van der Waals surface area contributed by atoms with Crippen molar-refractivity contribution in [1.29, 1.82) is 0 Å². The molecule has 0 amide bonds. The molecule has 100 valence electrons. The van der Waals surface area contributed by atoms with Crippen molar-refractivity contribution >= 4 is 33.2 Å². The first kappa shape index (κ1) is 14.2. The molecular formula is C15H21BrClN. The van der Waals surface area contributed by atoms with Crippen LogP contribution < -0.4 is 4.90 Å². The van der Waals surface area contributed by atoms with Gasteiger partial charge in [0.1, 0.15) is 0 Å². The van der Waals surface area contributed by atoms with Gasteiger partial charge in [-0.05, 0) is 31.4 Å². The Labute approximate surface area is 124 Å². The van der Waals surface area contributed by atoms with Crippen molar-refractivity contribution in [3.05, 3.63) is 28.8 Å². The van der Waals surface area contributed by atoms with E-state index >= 15 is 0 Å². The summed E-state index contributed by atoms with van der Waals surface area (Å²) in [5.41, 5.74) is 2.56. The van der Waals surface area contributed by atoms with Crippen LogP contribution in [-0.2, 0) is 5.33 Å². The predicted molar refractivity (Wildman–Crippen MR) is 84.0 cm³/mol. The summed E-state index contributed by atoms with van der Waals surface area (Å²) in [6.07, 6.45) is 6.54. The van der Waals surface area contributed by atoms with Gasteiger partial charge in [-0.15, -0.1) is 0 Å². The summed E-state index contributed by atoms with van der Waals surface area (Å²) >= 11 is 9.90. The minimum Gasteiger partial charge on any atom is -0.368 e. The van der Waals surface area contributed by atoms with Crippen LogP contribution in [0.15, 0.2) is 18.2 Å². The average Bonchev–Trinajstić information content (AvgIpc) is 2.63. The van der Waals surface area contributed by atoms with Crippen LogP contribution >= 0.6 is 27.5 Å². The van der Waals surface area contributed by atoms with Crippen molar-refractivity contribution in [3.8, 4) is 0 Å². The highest BCUT2D eigenvalue weighted by Crippen LogP contribution is 2.33. The molecule has 0 spiro atoms. The smallest absolute Gasteiger partial charge is 0.0467 e. The van der Waals surface area contributed by atoms with E-state index in [0.717, 1.165) is 10.4 Å². The van der Waals surface area contributed by atoms with Gasteiger partial charge in [0.05, 0.1) is 0 Å². The Kier molecular flexibility index (Phi) is 5.38. The monoisotopic (exact) mass is 329 g/mol. The fourth-order valence-electron chi connectivity index (χ4n) is 2.87. The Bertz CT molecular complexity index is 394. The average molecular weight is 331 g/mol. The van der Waals surface area contributed by atoms with Gasteiger partial charge in [-0.25, -0.2) is 0 Å². The van der Waals surface area contributed by atoms with Crippen molar-refractivity contribution in [2.45, 2.75) is 50.4 Å². The zero-order valence-electron chi connectivity index (χ0n) is 11.0. The van der Waals surface area contributed by atoms with Gasteiger partial charge in [-0.3, -0.25) is 0 Å². The highest BCUT2D eigenvalue weighted by molar-refractivity contribution is 9.08. The van der Waals surface area contributed by atoms with Crippen LogP contribution in [0.1, 0.15) is 44.6 Å². The first-order valence-corrected chi connectivity index (χ1v) is 8.37. The summed E-state index contributed by atoms with van der Waals surface area (Å²) in [7, 11) is 0. The largest absolute Gasteiger partial charge is 0.368 e. The van der Waals surface area contributed by atoms with E-state index < -0.39 is 0 Å². The van der Waals surface area contributed by atoms with Crippen LogP contribution in [0, 0.1) is 0 Å². The van der Waals surface area contributed by atoms with Gasteiger partial charge in [-0.1, -0.05) is 53.4 Å². The van der Waals surface area contributed by atoms with Gasteiger partial charge in [-0.2, -0.15) is 0 Å². The zero-order valence-corrected chi connectivity index (χ0v) is 13.3. The number of benzene rings is 1. The van der Waals surface area contributed by atoms with Gasteiger partial charge in [0, 0.05) is 34.2 Å². The van der Waals surface area contributed by atoms with E-state index in [4.69, 9.17) is 11.6 Å². The number of rotatable bonds is 3. The fourth-order valence-corrected chi connectivity index (χ4v) is 3.85. The first-order valence-electron chi connectivity index (χ1n) is 6.88. The minimum atomic E-state index is 0.670. The lowest BCUT2D eigenvalue weighted by atomic mass is 10.1. The van der Waals surface area contributed by atoms with E-state index in [1.165, 1.54) is 49.9 Å². The second kappa shape index (κ2) is 6.81. The molecule has 1 aliphatic heterocycles. The number of alkyl halides is 1. The molecule has 2 rings (SSSR count). The third kappa shape index (κ3) is 3.03. The quantitative estimate of drug-likeness (QED) is 0.671. The highest BCUT2D eigenvalue weighted by atomic mass is 79.9. The lowest BCUT2D eigenvalue weighted by Crippen LogP contribution is -2.35. The molecule has 0 aromatic heterocycles. The van der Waals surface area contributed by atoms with Gasteiger partial charge in [0.25, 0.3) is 0 Å². The Morgan fingerprint density at radius 3 is 2.89 bits per heavy atom. The van der Waals surface area contributed by atoms with Gasteiger partial charge in [0.2, 0.25) is 0 Å². The Morgan fingerprint density at radius 2 is 2.17 bits per heavy atom. The molecule has 0 N–H and O–H groups in total. The molecule has 0 aliphatic carbocycles. The van der Waals surface area contributed by atoms with E-state index in [1.54, 1.807) is 0 Å². The first-order chi connectivity index (χ1) is 8.77. The third-order valence-electron chi connectivity index (χ3n) is 3.89. The van der Waals surface area contributed by atoms with Crippen LogP contribution in [0.25, 0.3) is 0 Å². The number of anilines is 1. The maximum absolute atomic E-state index is 6.32. The molecule has 18 heavy (non-hydrogen) atoms. The Morgan fingerprint density at radius 1 is 1.33 bits per heavy atom. The lowest BCUT2D eigenvalue weighted by Gasteiger charge is -2.33. The number of nitrogens with zero attached hydrogens (tertiary/aromatic N) is 1. The van der Waals surface area contributed by atoms with Crippen molar-refractivity contribution in [1.82, 2.24) is 0 Å². The molecule has 0 bridgehead atoms. The predicted octanol–water partition coefficient (Wildman–Crippen LogP) is 5.39. The Balaban J connectivity index is 2.35. The molecule has 0 saturated carbocycles. The number of hydrogen-bond acceptors (Lipinski definition) is 1. The number of halogens is 2. The molecule has 1 saturated heterocycles. The zero-order chi connectivity index (χ0) is 13.0. The molecule has 1 aromatic carbocycles. The number of hydrogen-bond donors (Lipinski definition) is 0. The topological polar surface area (TPSA) is 3.24 Å². The van der Waals surface area contributed by atoms with E-state index in [-0.39, 0.29) is 0 Å².